The number of amidine groups is 1. The molecule has 5 rings (SSSR count). The zero-order valence-electron chi connectivity index (χ0n) is 25.2. The Labute approximate surface area is 262 Å². The first-order chi connectivity index (χ1) is 21.2. The zero-order chi connectivity index (χ0) is 32.5. The van der Waals surface area contributed by atoms with Crippen LogP contribution >= 0.6 is 11.8 Å². The van der Waals surface area contributed by atoms with Gasteiger partial charge in [-0.3, -0.25) is 9.69 Å². The molecule has 1 N–H and O–H groups in total. The van der Waals surface area contributed by atoms with Gasteiger partial charge in [0.2, 0.25) is 5.91 Å². The number of urea groups is 1. The lowest BCUT2D eigenvalue weighted by Crippen LogP contribution is -2.40. The van der Waals surface area contributed by atoms with Crippen LogP contribution in [0.1, 0.15) is 50.3 Å². The second-order valence-corrected chi connectivity index (χ2v) is 12.2. The van der Waals surface area contributed by atoms with E-state index in [0.29, 0.717) is 22.2 Å². The Morgan fingerprint density at radius 3 is 2.38 bits per heavy atom. The van der Waals surface area contributed by atoms with Crippen molar-refractivity contribution in [1.29, 1.82) is 0 Å². The number of carbonyl (C=O) groups excluding carboxylic acids is 2. The molecule has 45 heavy (non-hydrogen) atoms. The van der Waals surface area contributed by atoms with Crippen molar-refractivity contribution in [1.82, 2.24) is 20.1 Å². The summed E-state index contributed by atoms with van der Waals surface area (Å²) >= 11 is 1.23. The summed E-state index contributed by atoms with van der Waals surface area (Å²) in [6, 6.07) is 17.8. The number of rotatable bonds is 7. The number of nitrogens with one attached hydrogen (secondary N) is 1. The number of halogens is 3. The summed E-state index contributed by atoms with van der Waals surface area (Å²) in [6.07, 6.45) is -3.31. The summed E-state index contributed by atoms with van der Waals surface area (Å²) in [7, 11) is 0. The summed E-state index contributed by atoms with van der Waals surface area (Å²) in [5.74, 6) is 0.323. The number of hydrogen-bond acceptors (Lipinski definition) is 6. The highest BCUT2D eigenvalue weighted by atomic mass is 32.2. The molecule has 234 valence electrons. The molecule has 3 amide bonds. The van der Waals surface area contributed by atoms with E-state index < -0.39 is 17.9 Å². The van der Waals surface area contributed by atoms with E-state index in [1.807, 2.05) is 63.2 Å². The van der Waals surface area contributed by atoms with Crippen LogP contribution in [-0.2, 0) is 10.3 Å². The first-order valence-electron chi connectivity index (χ1n) is 14.1. The van der Waals surface area contributed by atoms with E-state index in [1.165, 1.54) is 51.9 Å². The number of aliphatic imine (C=N–C) groups is 1. The van der Waals surface area contributed by atoms with Gasteiger partial charge in [-0.2, -0.15) is 4.99 Å². The SMILES string of the molecule is Cc1cccc(N2C(=O)CS/C2=N\C(=O)NC(C)(C)c2ccc(-c3ncn(-c4ccc(OC(F)(F)F)cc4)n3)cc2)c1C(C)C. The van der Waals surface area contributed by atoms with E-state index in [2.05, 4.69) is 39.0 Å². The number of nitrogens with zero attached hydrogens (tertiary/aromatic N) is 5. The second kappa shape index (κ2) is 12.4. The predicted molar refractivity (Wildman–Crippen MR) is 168 cm³/mol. The number of aromatic nitrogens is 3. The van der Waals surface area contributed by atoms with Crippen molar-refractivity contribution in [3.8, 4) is 22.8 Å². The van der Waals surface area contributed by atoms with Gasteiger partial charge in [-0.05, 0) is 73.7 Å². The van der Waals surface area contributed by atoms with Crippen LogP contribution in [0.15, 0.2) is 78.0 Å². The zero-order valence-corrected chi connectivity index (χ0v) is 26.0. The van der Waals surface area contributed by atoms with Gasteiger partial charge in [-0.25, -0.2) is 14.5 Å². The Kier molecular flexibility index (Phi) is 8.74. The molecule has 1 aliphatic rings. The molecule has 1 saturated heterocycles. The molecule has 2 heterocycles. The molecule has 0 saturated carbocycles. The third-order valence-corrected chi connectivity index (χ3v) is 8.12. The normalized spacial score (nSPS) is 14.8. The summed E-state index contributed by atoms with van der Waals surface area (Å²) in [5.41, 5.74) is 4.04. The number of amides is 3. The molecule has 0 aliphatic carbocycles. The van der Waals surface area contributed by atoms with Crippen LogP contribution in [0.3, 0.4) is 0 Å². The Morgan fingerprint density at radius 2 is 1.73 bits per heavy atom. The summed E-state index contributed by atoms with van der Waals surface area (Å²) in [4.78, 5) is 36.2. The first-order valence-corrected chi connectivity index (χ1v) is 15.1. The Morgan fingerprint density at radius 1 is 1.04 bits per heavy atom. The fourth-order valence-corrected chi connectivity index (χ4v) is 5.96. The number of hydrogen-bond donors (Lipinski definition) is 1. The minimum absolute atomic E-state index is 0.127. The van der Waals surface area contributed by atoms with Gasteiger partial charge in [0, 0.05) is 5.56 Å². The van der Waals surface area contributed by atoms with Crippen LogP contribution in [0.5, 0.6) is 5.75 Å². The fourth-order valence-electron chi connectivity index (χ4n) is 5.10. The highest BCUT2D eigenvalue weighted by Gasteiger charge is 2.34. The maximum atomic E-state index is 13.1. The van der Waals surface area contributed by atoms with Gasteiger partial charge in [0.1, 0.15) is 12.1 Å². The Hall–Kier alpha value is -4.65. The topological polar surface area (TPSA) is 102 Å². The standard InChI is InChI=1S/C32H31F3N6O3S/c1-19(2)27-20(3)7-6-8-25(27)41-26(42)17-45-30(41)37-29(43)38-31(4,5)22-11-9-21(10-12-22)28-36-18-40(39-28)23-13-15-24(16-14-23)44-32(33,34)35/h6-16,18-19H,17H2,1-5H3,(H,38,43)/b37-30-. The van der Waals surface area contributed by atoms with Gasteiger partial charge in [0.25, 0.3) is 0 Å². The van der Waals surface area contributed by atoms with Crippen LogP contribution in [0.25, 0.3) is 17.1 Å². The van der Waals surface area contributed by atoms with Crippen molar-refractivity contribution in [2.75, 3.05) is 10.7 Å². The predicted octanol–water partition coefficient (Wildman–Crippen LogP) is 7.35. The van der Waals surface area contributed by atoms with Crippen molar-refractivity contribution >= 4 is 34.6 Å². The summed E-state index contributed by atoms with van der Waals surface area (Å²) in [6.45, 7) is 9.84. The van der Waals surface area contributed by atoms with E-state index in [4.69, 9.17) is 0 Å². The molecule has 0 atom stereocenters. The molecule has 1 aromatic heterocycles. The van der Waals surface area contributed by atoms with Gasteiger partial charge >= 0.3 is 12.4 Å². The molecule has 0 radical (unpaired) electrons. The minimum atomic E-state index is -4.77. The van der Waals surface area contributed by atoms with Crippen molar-refractivity contribution < 1.29 is 27.5 Å². The number of aryl methyl sites for hydroxylation is 1. The number of alkyl halides is 3. The lowest BCUT2D eigenvalue weighted by molar-refractivity contribution is -0.274. The highest BCUT2D eigenvalue weighted by molar-refractivity contribution is 8.15. The monoisotopic (exact) mass is 636 g/mol. The van der Waals surface area contributed by atoms with E-state index in [-0.39, 0.29) is 23.3 Å². The van der Waals surface area contributed by atoms with Gasteiger partial charge in [0.15, 0.2) is 11.0 Å². The van der Waals surface area contributed by atoms with Crippen LogP contribution < -0.4 is 15.0 Å². The molecule has 0 bridgehead atoms. The second-order valence-electron chi connectivity index (χ2n) is 11.3. The Balaban J connectivity index is 1.29. The number of ether oxygens (including phenoxy) is 1. The van der Waals surface area contributed by atoms with E-state index in [1.54, 1.807) is 0 Å². The maximum absolute atomic E-state index is 13.1. The van der Waals surface area contributed by atoms with E-state index in [9.17, 15) is 22.8 Å². The summed E-state index contributed by atoms with van der Waals surface area (Å²) in [5, 5.41) is 7.71. The van der Waals surface area contributed by atoms with E-state index >= 15 is 0 Å². The van der Waals surface area contributed by atoms with Crippen molar-refractivity contribution in [3.63, 3.8) is 0 Å². The van der Waals surface area contributed by atoms with Crippen LogP contribution in [0.4, 0.5) is 23.7 Å². The molecule has 0 unspecified atom stereocenters. The minimum Gasteiger partial charge on any atom is -0.406 e. The highest BCUT2D eigenvalue weighted by Crippen LogP contribution is 2.35. The van der Waals surface area contributed by atoms with Gasteiger partial charge < -0.3 is 10.1 Å². The van der Waals surface area contributed by atoms with Crippen molar-refractivity contribution in [3.05, 3.63) is 89.7 Å². The van der Waals surface area contributed by atoms with Gasteiger partial charge in [-0.15, -0.1) is 18.3 Å². The molecular weight excluding hydrogens is 605 g/mol. The molecule has 0 spiro atoms. The molecular formula is C32H31F3N6O3S. The summed E-state index contributed by atoms with van der Waals surface area (Å²) < 4.78 is 42.7. The molecule has 9 nitrogen and oxygen atoms in total. The maximum Gasteiger partial charge on any atom is 0.573 e. The largest absolute Gasteiger partial charge is 0.573 e. The third-order valence-electron chi connectivity index (χ3n) is 7.19. The number of anilines is 1. The van der Waals surface area contributed by atoms with Crippen LogP contribution in [-0.4, -0.2) is 44.0 Å². The number of carbonyl (C=O) groups is 2. The fraction of sp³-hybridized carbons (Fsp3) is 0.281. The lowest BCUT2D eigenvalue weighted by Gasteiger charge is -2.26. The van der Waals surface area contributed by atoms with E-state index in [0.717, 1.165) is 22.4 Å². The average Bonchev–Trinajstić information content (AvgIpc) is 3.59. The lowest BCUT2D eigenvalue weighted by atomic mass is 9.93. The van der Waals surface area contributed by atoms with Crippen LogP contribution in [0.2, 0.25) is 0 Å². The van der Waals surface area contributed by atoms with Crippen molar-refractivity contribution in [2.45, 2.75) is 52.4 Å². The average molecular weight is 637 g/mol. The van der Waals surface area contributed by atoms with Gasteiger partial charge in [0.05, 0.1) is 22.7 Å². The first kappa shape index (κ1) is 31.8. The smallest absolute Gasteiger partial charge is 0.406 e. The Bertz CT molecular complexity index is 1750. The molecule has 1 fully saturated rings. The molecule has 3 aromatic carbocycles. The molecule has 4 aromatic rings. The van der Waals surface area contributed by atoms with Gasteiger partial charge in [-0.1, -0.05) is 62.0 Å². The molecule has 1 aliphatic heterocycles. The third kappa shape index (κ3) is 7.19. The molecule has 13 heteroatoms. The van der Waals surface area contributed by atoms with Crippen molar-refractivity contribution in [2.24, 2.45) is 4.99 Å². The van der Waals surface area contributed by atoms with Crippen LogP contribution in [0, 0.1) is 6.92 Å². The number of thioether (sulfide) groups is 1. The number of benzene rings is 3. The quantitative estimate of drug-likeness (QED) is 0.228.